The smallest absolute Gasteiger partial charge is 0.416 e. The second-order valence-corrected chi connectivity index (χ2v) is 8.46. The zero-order valence-electron chi connectivity index (χ0n) is 17.6. The summed E-state index contributed by atoms with van der Waals surface area (Å²) in [6, 6.07) is 3.79. The third-order valence-electron chi connectivity index (χ3n) is 5.56. The summed E-state index contributed by atoms with van der Waals surface area (Å²) in [6.45, 7) is 2.38. The molecule has 3 aromatic heterocycles. The average molecular weight is 478 g/mol. The van der Waals surface area contributed by atoms with E-state index in [0.29, 0.717) is 35.0 Å². The highest BCUT2D eigenvalue weighted by atomic mass is 32.1. The molecule has 4 aromatic rings. The van der Waals surface area contributed by atoms with Gasteiger partial charge in [0.15, 0.2) is 0 Å². The van der Waals surface area contributed by atoms with Crippen molar-refractivity contribution in [2.75, 3.05) is 6.61 Å². The molecule has 0 aliphatic carbocycles. The van der Waals surface area contributed by atoms with E-state index in [1.54, 1.807) is 11.7 Å². The molecule has 1 aromatic carbocycles. The number of carboxylic acid groups (broad SMARTS) is 1. The second kappa shape index (κ2) is 9.44. The zero-order valence-corrected chi connectivity index (χ0v) is 18.4. The Balaban J connectivity index is 0.000000821. The van der Waals surface area contributed by atoms with Crippen LogP contribution in [0.25, 0.3) is 21.9 Å². The first-order valence-corrected chi connectivity index (χ1v) is 11.2. The topological polar surface area (TPSA) is 90.1 Å². The Hall–Kier alpha value is -3.05. The molecule has 0 saturated carbocycles. The van der Waals surface area contributed by atoms with Crippen molar-refractivity contribution in [1.82, 2.24) is 19.5 Å². The van der Waals surface area contributed by atoms with E-state index in [0.717, 1.165) is 30.4 Å². The van der Waals surface area contributed by atoms with Crippen LogP contribution in [0.15, 0.2) is 35.3 Å². The van der Waals surface area contributed by atoms with Crippen LogP contribution in [0.5, 0.6) is 0 Å². The van der Waals surface area contributed by atoms with Crippen molar-refractivity contribution in [1.29, 1.82) is 0 Å². The summed E-state index contributed by atoms with van der Waals surface area (Å²) in [6.07, 6.45) is -0.620. The number of aromatic nitrogens is 4. The molecule has 1 N–H and O–H groups in total. The van der Waals surface area contributed by atoms with Crippen LogP contribution in [0.4, 0.5) is 13.2 Å². The van der Waals surface area contributed by atoms with E-state index in [-0.39, 0.29) is 18.6 Å². The predicted octanol–water partition coefficient (Wildman–Crippen LogP) is 5.09. The van der Waals surface area contributed by atoms with Crippen molar-refractivity contribution in [3.8, 4) is 0 Å². The van der Waals surface area contributed by atoms with Crippen molar-refractivity contribution in [2.45, 2.75) is 44.5 Å². The predicted molar refractivity (Wildman–Crippen MR) is 117 cm³/mol. The number of nitrogens with zero attached hydrogens (tertiary/aromatic N) is 4. The first-order chi connectivity index (χ1) is 15.8. The number of hydrogen-bond donors (Lipinski definition) is 1. The lowest BCUT2D eigenvalue weighted by Gasteiger charge is -2.30. The summed E-state index contributed by atoms with van der Waals surface area (Å²) >= 11 is 1.51. The van der Waals surface area contributed by atoms with Gasteiger partial charge in [0, 0.05) is 29.8 Å². The Kier molecular flexibility index (Phi) is 6.61. The van der Waals surface area contributed by atoms with E-state index in [1.807, 2.05) is 12.3 Å². The Morgan fingerprint density at radius 1 is 1.30 bits per heavy atom. The van der Waals surface area contributed by atoms with Crippen LogP contribution < -0.4 is 0 Å². The van der Waals surface area contributed by atoms with E-state index in [1.165, 1.54) is 23.5 Å². The van der Waals surface area contributed by atoms with Gasteiger partial charge in [0.25, 0.3) is 6.47 Å². The summed E-state index contributed by atoms with van der Waals surface area (Å²) in [5.74, 6) is 0.793. The Morgan fingerprint density at radius 3 is 2.76 bits per heavy atom. The first kappa shape index (κ1) is 23.1. The van der Waals surface area contributed by atoms with Crippen molar-refractivity contribution < 1.29 is 27.8 Å². The number of ether oxygens (including phenoxy) is 1. The van der Waals surface area contributed by atoms with Crippen LogP contribution in [0, 0.1) is 0 Å². The fraction of sp³-hybridized carbons (Fsp3) is 0.364. The van der Waals surface area contributed by atoms with Gasteiger partial charge in [0.2, 0.25) is 0 Å². The van der Waals surface area contributed by atoms with Crippen LogP contribution in [-0.4, -0.2) is 43.8 Å². The first-order valence-electron chi connectivity index (χ1n) is 10.2. The quantitative estimate of drug-likeness (QED) is 0.413. The van der Waals surface area contributed by atoms with Gasteiger partial charge >= 0.3 is 6.18 Å². The maximum atomic E-state index is 13.4. The van der Waals surface area contributed by atoms with Crippen molar-refractivity contribution >= 4 is 39.7 Å². The van der Waals surface area contributed by atoms with Gasteiger partial charge in [-0.1, -0.05) is 0 Å². The largest absolute Gasteiger partial charge is 0.483 e. The van der Waals surface area contributed by atoms with Gasteiger partial charge in [-0.3, -0.25) is 9.78 Å². The van der Waals surface area contributed by atoms with Gasteiger partial charge in [-0.05, 0) is 38.0 Å². The average Bonchev–Trinajstić information content (AvgIpc) is 3.41. The van der Waals surface area contributed by atoms with Crippen LogP contribution in [0.2, 0.25) is 0 Å². The van der Waals surface area contributed by atoms with Crippen molar-refractivity contribution in [2.24, 2.45) is 0 Å². The summed E-state index contributed by atoms with van der Waals surface area (Å²) in [5.41, 5.74) is 3.81. The molecule has 1 aliphatic heterocycles. The number of thiazole rings is 1. The Bertz CT molecular complexity index is 1260. The van der Waals surface area contributed by atoms with Crippen LogP contribution >= 0.6 is 11.3 Å². The number of rotatable bonds is 3. The van der Waals surface area contributed by atoms with Gasteiger partial charge < -0.3 is 14.4 Å². The van der Waals surface area contributed by atoms with Gasteiger partial charge in [-0.15, -0.1) is 11.3 Å². The normalized spacial score (nSPS) is 18.8. The molecule has 11 heteroatoms. The lowest BCUT2D eigenvalue weighted by molar-refractivity contribution is -0.137. The minimum Gasteiger partial charge on any atom is -0.483 e. The SMILES string of the molecule is C[C@@H]1C[C@H](n2c(Cc3cscn3)nc3cnc4ccc(C(F)(F)F)cc4c32)CCO1.O=CO. The zero-order chi connectivity index (χ0) is 23.6. The molecular weight excluding hydrogens is 457 g/mol. The van der Waals surface area contributed by atoms with Crippen molar-refractivity contribution in [3.63, 3.8) is 0 Å². The molecule has 1 aliphatic rings. The van der Waals surface area contributed by atoms with Crippen LogP contribution in [0.1, 0.15) is 42.9 Å². The molecule has 1 saturated heterocycles. The van der Waals surface area contributed by atoms with Gasteiger partial charge in [0.05, 0.1) is 40.1 Å². The van der Waals surface area contributed by atoms with Crippen LogP contribution in [0.3, 0.4) is 0 Å². The maximum Gasteiger partial charge on any atom is 0.416 e. The number of carbonyl (C=O) groups is 1. The van der Waals surface area contributed by atoms with E-state index in [2.05, 4.69) is 14.5 Å². The molecule has 0 radical (unpaired) electrons. The van der Waals surface area contributed by atoms with E-state index < -0.39 is 11.7 Å². The highest BCUT2D eigenvalue weighted by Crippen LogP contribution is 2.37. The standard InChI is InChI=1S/C21H19F3N4OS.CH2O2/c1-12-6-15(4-5-29-12)28-19(8-14-10-30-11-26-14)27-18-9-25-17-3-2-13(21(22,23)24)7-16(17)20(18)28;2-1-3/h2-3,7,9-12,15H,4-6,8H2,1H3;1H,(H,2,3)/t12-,15-;/m1./s1. The van der Waals surface area contributed by atoms with E-state index >= 15 is 0 Å². The Morgan fingerprint density at radius 2 is 2.09 bits per heavy atom. The lowest BCUT2D eigenvalue weighted by atomic mass is 10.0. The summed E-state index contributed by atoms with van der Waals surface area (Å²) in [5, 5.41) is 9.33. The number of alkyl halides is 3. The van der Waals surface area contributed by atoms with Gasteiger partial charge in [0.1, 0.15) is 11.3 Å². The number of benzene rings is 1. The number of fused-ring (bicyclic) bond motifs is 3. The minimum absolute atomic E-state index is 0.0761. The van der Waals surface area contributed by atoms with Crippen molar-refractivity contribution in [3.05, 3.63) is 52.4 Å². The second-order valence-electron chi connectivity index (χ2n) is 7.74. The molecule has 4 heterocycles. The van der Waals surface area contributed by atoms with Crippen LogP contribution in [-0.2, 0) is 22.1 Å². The number of imidazole rings is 1. The molecule has 0 spiro atoms. The molecule has 0 bridgehead atoms. The Labute approximate surface area is 190 Å². The minimum atomic E-state index is -4.42. The van der Waals surface area contributed by atoms with Gasteiger partial charge in [-0.25, -0.2) is 9.97 Å². The molecular formula is C22H21F3N4O3S. The monoisotopic (exact) mass is 478 g/mol. The fourth-order valence-corrected chi connectivity index (χ4v) is 4.77. The summed E-state index contributed by atoms with van der Waals surface area (Å²) < 4.78 is 48.1. The van der Waals surface area contributed by atoms with E-state index in [9.17, 15) is 13.2 Å². The van der Waals surface area contributed by atoms with E-state index in [4.69, 9.17) is 19.6 Å². The molecule has 1 fully saturated rings. The number of halogens is 3. The molecule has 33 heavy (non-hydrogen) atoms. The highest BCUT2D eigenvalue weighted by molar-refractivity contribution is 7.07. The fourth-order valence-electron chi connectivity index (χ4n) is 4.22. The lowest BCUT2D eigenvalue weighted by Crippen LogP contribution is -2.26. The number of pyridine rings is 1. The molecule has 7 nitrogen and oxygen atoms in total. The summed E-state index contributed by atoms with van der Waals surface area (Å²) in [7, 11) is 0. The third kappa shape index (κ3) is 4.83. The molecule has 2 atom stereocenters. The molecule has 0 unspecified atom stereocenters. The molecule has 0 amide bonds. The third-order valence-corrected chi connectivity index (χ3v) is 6.20. The van der Waals surface area contributed by atoms with Gasteiger partial charge in [-0.2, -0.15) is 13.2 Å². The highest BCUT2D eigenvalue weighted by Gasteiger charge is 2.32. The summed E-state index contributed by atoms with van der Waals surface area (Å²) in [4.78, 5) is 21.9. The molecule has 174 valence electrons. The number of hydrogen-bond acceptors (Lipinski definition) is 6. The molecule has 5 rings (SSSR count). The maximum absolute atomic E-state index is 13.4.